The molecule has 1 aromatic heterocycles. The minimum absolute atomic E-state index is 0.135. The maximum atomic E-state index is 11.8. The summed E-state index contributed by atoms with van der Waals surface area (Å²) in [7, 11) is 1.62. The standard InChI is InChI=1S/C16H17N3O3/c1-3-19-10-13-14(8-9-17-15(13)18-16(19)20)22-12-6-4-11(21-2)5-7-12/h4-9H,3,10H2,1-2H3,(H,17,18,20). The number of urea groups is 1. The number of anilines is 1. The van der Waals surface area contributed by atoms with Gasteiger partial charge in [-0.3, -0.25) is 5.32 Å². The number of carbonyl (C=O) groups excluding carboxylic acids is 1. The average Bonchev–Trinajstić information content (AvgIpc) is 2.55. The van der Waals surface area contributed by atoms with Crippen molar-refractivity contribution in [2.24, 2.45) is 0 Å². The van der Waals surface area contributed by atoms with Crippen LogP contribution in [-0.2, 0) is 6.54 Å². The Kier molecular flexibility index (Phi) is 3.82. The number of carbonyl (C=O) groups is 1. The number of nitrogens with zero attached hydrogens (tertiary/aromatic N) is 2. The molecule has 2 aromatic rings. The first kappa shape index (κ1) is 14.2. The Bertz CT molecular complexity index is 686. The Morgan fingerprint density at radius 2 is 1.95 bits per heavy atom. The molecule has 1 N–H and O–H groups in total. The number of benzene rings is 1. The summed E-state index contributed by atoms with van der Waals surface area (Å²) >= 11 is 0. The fourth-order valence-corrected chi connectivity index (χ4v) is 2.30. The van der Waals surface area contributed by atoms with Gasteiger partial charge in [-0.25, -0.2) is 9.78 Å². The highest BCUT2D eigenvalue weighted by molar-refractivity contribution is 5.91. The fourth-order valence-electron chi connectivity index (χ4n) is 2.30. The number of hydrogen-bond acceptors (Lipinski definition) is 4. The van der Waals surface area contributed by atoms with E-state index >= 15 is 0 Å². The van der Waals surface area contributed by atoms with Crippen LogP contribution in [0.5, 0.6) is 17.2 Å². The largest absolute Gasteiger partial charge is 0.497 e. The van der Waals surface area contributed by atoms with Crippen molar-refractivity contribution in [3.8, 4) is 17.2 Å². The Hall–Kier alpha value is -2.76. The van der Waals surface area contributed by atoms with Gasteiger partial charge in [0.25, 0.3) is 0 Å². The summed E-state index contributed by atoms with van der Waals surface area (Å²) < 4.78 is 11.1. The third-order valence-electron chi connectivity index (χ3n) is 3.54. The molecule has 0 aliphatic carbocycles. The summed E-state index contributed by atoms with van der Waals surface area (Å²) in [6.07, 6.45) is 1.62. The number of aromatic nitrogens is 1. The number of methoxy groups -OCH3 is 1. The highest BCUT2D eigenvalue weighted by atomic mass is 16.5. The molecule has 0 spiro atoms. The maximum Gasteiger partial charge on any atom is 0.323 e. The molecule has 6 nitrogen and oxygen atoms in total. The topological polar surface area (TPSA) is 63.7 Å². The molecule has 2 amide bonds. The number of nitrogens with one attached hydrogen (secondary N) is 1. The van der Waals surface area contributed by atoms with E-state index in [1.165, 1.54) is 0 Å². The second-order valence-electron chi connectivity index (χ2n) is 4.86. The van der Waals surface area contributed by atoms with Gasteiger partial charge in [0, 0.05) is 12.7 Å². The Balaban J connectivity index is 1.88. The van der Waals surface area contributed by atoms with Crippen LogP contribution >= 0.6 is 0 Å². The van der Waals surface area contributed by atoms with Crippen molar-refractivity contribution in [2.75, 3.05) is 19.0 Å². The molecule has 1 aliphatic rings. The molecule has 0 radical (unpaired) electrons. The summed E-state index contributed by atoms with van der Waals surface area (Å²) in [6, 6.07) is 9.01. The Morgan fingerprint density at radius 3 is 2.64 bits per heavy atom. The van der Waals surface area contributed by atoms with Gasteiger partial charge in [0.05, 0.1) is 19.2 Å². The molecule has 0 saturated heterocycles. The number of rotatable bonds is 4. The molecule has 3 rings (SSSR count). The lowest BCUT2D eigenvalue weighted by Crippen LogP contribution is -2.38. The second kappa shape index (κ2) is 5.93. The van der Waals surface area contributed by atoms with Crippen molar-refractivity contribution >= 4 is 11.8 Å². The average molecular weight is 299 g/mol. The fraction of sp³-hybridized carbons (Fsp3) is 0.250. The summed E-state index contributed by atoms with van der Waals surface area (Å²) in [5.41, 5.74) is 0.875. The number of fused-ring (bicyclic) bond motifs is 1. The van der Waals surface area contributed by atoms with Crippen LogP contribution in [0.4, 0.5) is 10.6 Å². The zero-order chi connectivity index (χ0) is 15.5. The zero-order valence-electron chi connectivity index (χ0n) is 12.5. The number of pyridine rings is 1. The summed E-state index contributed by atoms with van der Waals surface area (Å²) in [6.45, 7) is 3.05. The van der Waals surface area contributed by atoms with Crippen molar-refractivity contribution in [1.82, 2.24) is 9.88 Å². The molecule has 0 bridgehead atoms. The predicted molar refractivity (Wildman–Crippen MR) is 82.4 cm³/mol. The van der Waals surface area contributed by atoms with Gasteiger partial charge in [-0.2, -0.15) is 0 Å². The van der Waals surface area contributed by atoms with Crippen LogP contribution < -0.4 is 14.8 Å². The van der Waals surface area contributed by atoms with E-state index < -0.39 is 0 Å². The van der Waals surface area contributed by atoms with Crippen molar-refractivity contribution in [2.45, 2.75) is 13.5 Å². The van der Waals surface area contributed by atoms with Gasteiger partial charge in [-0.05, 0) is 37.3 Å². The molecule has 6 heteroatoms. The van der Waals surface area contributed by atoms with Crippen molar-refractivity contribution in [1.29, 1.82) is 0 Å². The van der Waals surface area contributed by atoms with Gasteiger partial charge in [-0.15, -0.1) is 0 Å². The van der Waals surface area contributed by atoms with Gasteiger partial charge in [0.15, 0.2) is 0 Å². The van der Waals surface area contributed by atoms with E-state index in [4.69, 9.17) is 9.47 Å². The second-order valence-corrected chi connectivity index (χ2v) is 4.86. The number of amides is 2. The van der Waals surface area contributed by atoms with Gasteiger partial charge in [0.1, 0.15) is 23.1 Å². The molecule has 114 valence electrons. The van der Waals surface area contributed by atoms with Crippen LogP contribution in [0.1, 0.15) is 12.5 Å². The van der Waals surface area contributed by atoms with Crippen molar-refractivity contribution < 1.29 is 14.3 Å². The maximum absolute atomic E-state index is 11.8. The minimum Gasteiger partial charge on any atom is -0.497 e. The molecule has 0 unspecified atom stereocenters. The van der Waals surface area contributed by atoms with Crippen LogP contribution in [0.3, 0.4) is 0 Å². The van der Waals surface area contributed by atoms with Crippen molar-refractivity contribution in [3.63, 3.8) is 0 Å². The molecule has 0 saturated carbocycles. The summed E-state index contributed by atoms with van der Waals surface area (Å²) in [4.78, 5) is 17.8. The zero-order valence-corrected chi connectivity index (χ0v) is 12.5. The first-order valence-corrected chi connectivity index (χ1v) is 7.07. The number of ether oxygens (including phenoxy) is 2. The molecule has 1 aliphatic heterocycles. The third-order valence-corrected chi connectivity index (χ3v) is 3.54. The van der Waals surface area contributed by atoms with E-state index in [-0.39, 0.29) is 6.03 Å². The van der Waals surface area contributed by atoms with Gasteiger partial charge in [0.2, 0.25) is 0 Å². The third kappa shape index (κ3) is 2.67. The van der Waals surface area contributed by atoms with E-state index in [9.17, 15) is 4.79 Å². The lowest BCUT2D eigenvalue weighted by Gasteiger charge is -2.28. The predicted octanol–water partition coefficient (Wildman–Crippen LogP) is 3.25. The first-order chi connectivity index (χ1) is 10.7. The van der Waals surface area contributed by atoms with E-state index in [0.29, 0.717) is 30.4 Å². The molecule has 1 aromatic carbocycles. The van der Waals surface area contributed by atoms with E-state index in [1.807, 2.05) is 31.2 Å². The van der Waals surface area contributed by atoms with Crippen LogP contribution in [0.2, 0.25) is 0 Å². The van der Waals surface area contributed by atoms with Crippen LogP contribution in [0.25, 0.3) is 0 Å². The Labute approximate surface area is 128 Å². The highest BCUT2D eigenvalue weighted by Crippen LogP contribution is 2.33. The minimum atomic E-state index is -0.135. The highest BCUT2D eigenvalue weighted by Gasteiger charge is 2.25. The monoisotopic (exact) mass is 299 g/mol. The molecule has 0 atom stereocenters. The molecular weight excluding hydrogens is 282 g/mol. The van der Waals surface area contributed by atoms with Crippen LogP contribution in [0.15, 0.2) is 36.5 Å². The van der Waals surface area contributed by atoms with E-state index in [2.05, 4.69) is 10.3 Å². The molecule has 2 heterocycles. The lowest BCUT2D eigenvalue weighted by molar-refractivity contribution is 0.209. The quantitative estimate of drug-likeness (QED) is 0.941. The SMILES string of the molecule is CCN1Cc2c(Oc3ccc(OC)cc3)ccnc2NC1=O. The normalized spacial score (nSPS) is 13.4. The van der Waals surface area contributed by atoms with Crippen LogP contribution in [-0.4, -0.2) is 29.6 Å². The van der Waals surface area contributed by atoms with E-state index in [0.717, 1.165) is 11.3 Å². The van der Waals surface area contributed by atoms with E-state index in [1.54, 1.807) is 24.3 Å². The smallest absolute Gasteiger partial charge is 0.323 e. The molecular formula is C16H17N3O3. The summed E-state index contributed by atoms with van der Waals surface area (Å²) in [5.74, 6) is 2.72. The molecule has 0 fully saturated rings. The van der Waals surface area contributed by atoms with Crippen LogP contribution in [0, 0.1) is 0 Å². The van der Waals surface area contributed by atoms with Gasteiger partial charge < -0.3 is 14.4 Å². The van der Waals surface area contributed by atoms with Crippen molar-refractivity contribution in [3.05, 3.63) is 42.1 Å². The van der Waals surface area contributed by atoms with Gasteiger partial charge in [-0.1, -0.05) is 0 Å². The number of hydrogen-bond donors (Lipinski definition) is 1. The Morgan fingerprint density at radius 1 is 1.23 bits per heavy atom. The first-order valence-electron chi connectivity index (χ1n) is 7.07. The summed E-state index contributed by atoms with van der Waals surface area (Å²) in [5, 5.41) is 2.78. The lowest BCUT2D eigenvalue weighted by atomic mass is 10.2. The molecule has 22 heavy (non-hydrogen) atoms. The van der Waals surface area contributed by atoms with Gasteiger partial charge >= 0.3 is 6.03 Å².